The van der Waals surface area contributed by atoms with Crippen molar-refractivity contribution in [2.45, 2.75) is 56.9 Å². The molecule has 2 aromatic rings. The van der Waals surface area contributed by atoms with Crippen molar-refractivity contribution < 1.29 is 14.3 Å². The zero-order valence-corrected chi connectivity index (χ0v) is 18.5. The van der Waals surface area contributed by atoms with Crippen LogP contribution in [0.4, 0.5) is 5.69 Å². The zero-order valence-electron chi connectivity index (χ0n) is 18.5. The van der Waals surface area contributed by atoms with E-state index in [0.717, 1.165) is 55.3 Å². The number of nitrogens with one attached hydrogen (secondary N) is 1. The Kier molecular flexibility index (Phi) is 6.42. The van der Waals surface area contributed by atoms with Crippen molar-refractivity contribution in [2.75, 3.05) is 25.6 Å². The maximum absolute atomic E-state index is 13.9. The van der Waals surface area contributed by atoms with Gasteiger partial charge in [-0.25, -0.2) is 0 Å². The first-order chi connectivity index (χ1) is 15.1. The molecule has 4 rings (SSSR count). The molecule has 5 nitrogen and oxygen atoms in total. The van der Waals surface area contributed by atoms with Gasteiger partial charge in [0.2, 0.25) is 5.91 Å². The Morgan fingerprint density at radius 3 is 2.55 bits per heavy atom. The number of aryl methyl sites for hydroxylation is 1. The van der Waals surface area contributed by atoms with E-state index in [1.165, 1.54) is 0 Å². The highest BCUT2D eigenvalue weighted by Gasteiger charge is 2.54. The van der Waals surface area contributed by atoms with Gasteiger partial charge in [-0.3, -0.25) is 9.59 Å². The summed E-state index contributed by atoms with van der Waals surface area (Å²) in [6.07, 6.45) is 5.71. The number of carbonyl (C=O) groups is 2. The van der Waals surface area contributed by atoms with Crippen LogP contribution < -0.4 is 5.32 Å². The molecule has 2 aliphatic rings. The minimum absolute atomic E-state index is 0.0209. The lowest BCUT2D eigenvalue weighted by atomic mass is 9.65. The molecular formula is C26H32N2O3. The van der Waals surface area contributed by atoms with Gasteiger partial charge >= 0.3 is 0 Å². The van der Waals surface area contributed by atoms with Crippen LogP contribution in [0.25, 0.3) is 0 Å². The van der Waals surface area contributed by atoms with Crippen LogP contribution in [0.1, 0.15) is 66.4 Å². The van der Waals surface area contributed by atoms with E-state index < -0.39 is 11.5 Å². The van der Waals surface area contributed by atoms with Crippen LogP contribution in [0.3, 0.4) is 0 Å². The van der Waals surface area contributed by atoms with Gasteiger partial charge in [-0.05, 0) is 42.5 Å². The highest BCUT2D eigenvalue weighted by atomic mass is 16.5. The third kappa shape index (κ3) is 3.87. The molecule has 0 radical (unpaired) electrons. The summed E-state index contributed by atoms with van der Waals surface area (Å²) in [5.74, 6) is -0.402. The third-order valence-corrected chi connectivity index (χ3v) is 6.98. The summed E-state index contributed by atoms with van der Waals surface area (Å²) in [4.78, 5) is 29.4. The molecule has 1 spiro atoms. The summed E-state index contributed by atoms with van der Waals surface area (Å²) in [5.41, 5.74) is 2.96. The van der Waals surface area contributed by atoms with E-state index in [1.807, 2.05) is 47.4 Å². The molecule has 0 aromatic heterocycles. The van der Waals surface area contributed by atoms with E-state index in [-0.39, 0.29) is 11.8 Å². The number of methoxy groups -OCH3 is 1. The molecule has 1 heterocycles. The Bertz CT molecular complexity index is 949. The molecule has 0 unspecified atom stereocenters. The minimum Gasteiger partial charge on any atom is -0.383 e. The third-order valence-electron chi connectivity index (χ3n) is 6.98. The van der Waals surface area contributed by atoms with Crippen molar-refractivity contribution in [3.05, 3.63) is 65.2 Å². The molecule has 5 heteroatoms. The van der Waals surface area contributed by atoms with Crippen LogP contribution in [0, 0.1) is 0 Å². The summed E-state index contributed by atoms with van der Waals surface area (Å²) in [6.45, 7) is 3.05. The largest absolute Gasteiger partial charge is 0.383 e. The van der Waals surface area contributed by atoms with Crippen molar-refractivity contribution >= 4 is 17.5 Å². The predicted molar refractivity (Wildman–Crippen MR) is 122 cm³/mol. The van der Waals surface area contributed by atoms with E-state index in [0.29, 0.717) is 18.7 Å². The van der Waals surface area contributed by atoms with Gasteiger partial charge in [0.25, 0.3) is 5.91 Å². The van der Waals surface area contributed by atoms with Crippen molar-refractivity contribution in [1.82, 2.24) is 4.90 Å². The molecule has 1 N–H and O–H groups in total. The minimum atomic E-state index is -0.506. The van der Waals surface area contributed by atoms with Gasteiger partial charge in [0.15, 0.2) is 0 Å². The number of hydrogen-bond donors (Lipinski definition) is 1. The van der Waals surface area contributed by atoms with Crippen molar-refractivity contribution in [3.8, 4) is 0 Å². The average molecular weight is 421 g/mol. The quantitative estimate of drug-likeness (QED) is 0.732. The molecule has 0 saturated heterocycles. The summed E-state index contributed by atoms with van der Waals surface area (Å²) in [7, 11) is 1.65. The topological polar surface area (TPSA) is 58.6 Å². The van der Waals surface area contributed by atoms with Gasteiger partial charge in [-0.1, -0.05) is 62.6 Å². The summed E-state index contributed by atoms with van der Waals surface area (Å²) < 4.78 is 5.34. The number of ether oxygens (including phenoxy) is 1. The summed E-state index contributed by atoms with van der Waals surface area (Å²) in [5, 5.41) is 3.23. The Balaban J connectivity index is 1.80. The van der Waals surface area contributed by atoms with Crippen molar-refractivity contribution in [3.63, 3.8) is 0 Å². The van der Waals surface area contributed by atoms with Crippen LogP contribution in [0.15, 0.2) is 48.5 Å². The van der Waals surface area contributed by atoms with E-state index in [9.17, 15) is 9.59 Å². The Labute approximate surface area is 184 Å². The number of anilines is 1. The number of hydrogen-bond acceptors (Lipinski definition) is 3. The number of fused-ring (bicyclic) bond motifs is 1. The highest BCUT2D eigenvalue weighted by Crippen LogP contribution is 2.49. The lowest BCUT2D eigenvalue weighted by Crippen LogP contribution is -2.62. The molecule has 164 valence electrons. The first kappa shape index (κ1) is 21.6. The molecule has 1 fully saturated rings. The number of rotatable bonds is 6. The van der Waals surface area contributed by atoms with Crippen LogP contribution in [0.5, 0.6) is 0 Å². The van der Waals surface area contributed by atoms with Crippen molar-refractivity contribution in [1.29, 1.82) is 0 Å². The number of carbonyl (C=O) groups excluding carboxylic acids is 2. The summed E-state index contributed by atoms with van der Waals surface area (Å²) >= 11 is 0. The second-order valence-corrected chi connectivity index (χ2v) is 8.63. The first-order valence-corrected chi connectivity index (χ1v) is 11.4. The van der Waals surface area contributed by atoms with Gasteiger partial charge in [0.1, 0.15) is 0 Å². The zero-order chi connectivity index (χ0) is 21.8. The molecule has 1 atom stereocenters. The maximum atomic E-state index is 13.9. The second kappa shape index (κ2) is 9.23. The van der Waals surface area contributed by atoms with Gasteiger partial charge in [0.05, 0.1) is 18.1 Å². The Hall–Kier alpha value is -2.66. The molecule has 1 aliphatic carbocycles. The maximum Gasteiger partial charge on any atom is 0.254 e. The van der Waals surface area contributed by atoms with Gasteiger partial charge in [0, 0.05) is 24.9 Å². The predicted octanol–water partition coefficient (Wildman–Crippen LogP) is 4.78. The normalized spacial score (nSPS) is 19.9. The smallest absolute Gasteiger partial charge is 0.254 e. The average Bonchev–Trinajstić information content (AvgIpc) is 2.80. The number of amides is 2. The first-order valence-electron chi connectivity index (χ1n) is 11.4. The van der Waals surface area contributed by atoms with Gasteiger partial charge in [-0.15, -0.1) is 0 Å². The SMILES string of the molecule is CCc1ccccc1NC(=O)[C@@H]1c2ccccc2C(=O)N(CCOC)C12CCCCC2. The lowest BCUT2D eigenvalue weighted by Gasteiger charge is -2.53. The molecular weight excluding hydrogens is 388 g/mol. The molecule has 1 saturated carbocycles. The van der Waals surface area contributed by atoms with E-state index >= 15 is 0 Å². The molecule has 2 amide bonds. The van der Waals surface area contributed by atoms with Crippen LogP contribution in [-0.4, -0.2) is 42.5 Å². The van der Waals surface area contributed by atoms with Crippen molar-refractivity contribution in [2.24, 2.45) is 0 Å². The molecule has 2 aromatic carbocycles. The fourth-order valence-electron chi connectivity index (χ4n) is 5.51. The monoisotopic (exact) mass is 420 g/mol. The molecule has 31 heavy (non-hydrogen) atoms. The van der Waals surface area contributed by atoms with E-state index in [4.69, 9.17) is 4.74 Å². The molecule has 1 aliphatic heterocycles. The number of para-hydroxylation sites is 1. The number of benzene rings is 2. The van der Waals surface area contributed by atoms with Gasteiger partial charge < -0.3 is 15.0 Å². The fraction of sp³-hybridized carbons (Fsp3) is 0.462. The van der Waals surface area contributed by atoms with E-state index in [2.05, 4.69) is 18.3 Å². The summed E-state index contributed by atoms with van der Waals surface area (Å²) in [6, 6.07) is 15.6. The van der Waals surface area contributed by atoms with Crippen LogP contribution in [0.2, 0.25) is 0 Å². The highest BCUT2D eigenvalue weighted by molar-refractivity contribution is 6.05. The Morgan fingerprint density at radius 2 is 1.81 bits per heavy atom. The lowest BCUT2D eigenvalue weighted by molar-refractivity contribution is -0.122. The van der Waals surface area contributed by atoms with Crippen LogP contribution in [-0.2, 0) is 16.0 Å². The van der Waals surface area contributed by atoms with E-state index in [1.54, 1.807) is 7.11 Å². The van der Waals surface area contributed by atoms with Gasteiger partial charge in [-0.2, -0.15) is 0 Å². The number of nitrogens with zero attached hydrogens (tertiary/aromatic N) is 1. The standard InChI is InChI=1S/C26H32N2O3/c1-3-19-11-5-8-14-22(19)27-24(29)23-20-12-6-7-13-21(20)25(30)28(17-18-31-2)26(23)15-9-4-10-16-26/h5-8,11-14,23H,3-4,9-10,15-18H2,1-2H3,(H,27,29)/t23-/m0/s1. The molecule has 0 bridgehead atoms. The fourth-order valence-corrected chi connectivity index (χ4v) is 5.51. The van der Waals surface area contributed by atoms with Crippen LogP contribution >= 0.6 is 0 Å². The Morgan fingerprint density at radius 1 is 1.10 bits per heavy atom. The second-order valence-electron chi connectivity index (χ2n) is 8.63.